The number of rotatable bonds is 5. The van der Waals surface area contributed by atoms with Gasteiger partial charge >= 0.3 is 6.03 Å². The predicted molar refractivity (Wildman–Crippen MR) is 118 cm³/mol. The molecule has 1 aliphatic rings. The highest BCUT2D eigenvalue weighted by Gasteiger charge is 2.32. The average molecular weight is 420 g/mol. The van der Waals surface area contributed by atoms with Gasteiger partial charge in [0.25, 0.3) is 5.91 Å². The monoisotopic (exact) mass is 419 g/mol. The third-order valence-corrected chi connectivity index (χ3v) is 6.04. The predicted octanol–water partition coefficient (Wildman–Crippen LogP) is 4.69. The van der Waals surface area contributed by atoms with Gasteiger partial charge in [0.05, 0.1) is 24.4 Å². The number of carbonyl (C=O) groups is 2. The summed E-state index contributed by atoms with van der Waals surface area (Å²) >= 11 is 1.55. The number of methoxy groups -OCH3 is 1. The highest BCUT2D eigenvalue weighted by atomic mass is 32.1. The SMILES string of the molecule is COc1ccccc1NC(=O)C1=C(C)NC(=O)N[C@H]1c1ccc(-c2ccccc2)s1. The second-order valence-electron chi connectivity index (χ2n) is 6.79. The molecule has 0 radical (unpaired) electrons. The van der Waals surface area contributed by atoms with E-state index in [0.717, 1.165) is 15.3 Å². The maximum absolute atomic E-state index is 13.2. The number of ether oxygens (including phenoxy) is 1. The molecule has 0 saturated carbocycles. The number of urea groups is 1. The molecule has 0 spiro atoms. The zero-order chi connectivity index (χ0) is 21.1. The zero-order valence-electron chi connectivity index (χ0n) is 16.6. The van der Waals surface area contributed by atoms with Crippen LogP contribution in [0.2, 0.25) is 0 Å². The Morgan fingerprint density at radius 2 is 1.77 bits per heavy atom. The molecule has 3 N–H and O–H groups in total. The molecular weight excluding hydrogens is 398 g/mol. The first kappa shape index (κ1) is 19.7. The van der Waals surface area contributed by atoms with E-state index < -0.39 is 6.04 Å². The van der Waals surface area contributed by atoms with Gasteiger partial charge in [0.15, 0.2) is 0 Å². The number of carbonyl (C=O) groups excluding carboxylic acids is 2. The fraction of sp³-hybridized carbons (Fsp3) is 0.130. The van der Waals surface area contributed by atoms with Crippen molar-refractivity contribution in [3.8, 4) is 16.2 Å². The lowest BCUT2D eigenvalue weighted by Crippen LogP contribution is -2.45. The molecular formula is C23H21N3O3S. The summed E-state index contributed by atoms with van der Waals surface area (Å²) in [4.78, 5) is 27.3. The van der Waals surface area contributed by atoms with Gasteiger partial charge in [-0.25, -0.2) is 4.79 Å². The maximum Gasteiger partial charge on any atom is 0.319 e. The standard InChI is InChI=1S/C23H21N3O3S/c1-14-20(22(27)25-16-10-6-7-11-17(16)29-2)21(26-23(28)24-14)19-13-12-18(30-19)15-8-4-3-5-9-15/h3-13,21H,1-2H3,(H,25,27)(H2,24,26,28)/t21-/m0/s1. The lowest BCUT2D eigenvalue weighted by molar-refractivity contribution is -0.113. The van der Waals surface area contributed by atoms with Crippen LogP contribution in [0.15, 0.2) is 78.0 Å². The summed E-state index contributed by atoms with van der Waals surface area (Å²) in [5, 5.41) is 8.49. The Morgan fingerprint density at radius 1 is 1.03 bits per heavy atom. The Kier molecular flexibility index (Phi) is 5.54. The van der Waals surface area contributed by atoms with Gasteiger partial charge in [-0.1, -0.05) is 42.5 Å². The van der Waals surface area contributed by atoms with Crippen molar-refractivity contribution in [1.29, 1.82) is 0 Å². The summed E-state index contributed by atoms with van der Waals surface area (Å²) in [5.41, 5.74) is 2.64. The minimum absolute atomic E-state index is 0.302. The summed E-state index contributed by atoms with van der Waals surface area (Å²) in [7, 11) is 1.55. The first-order valence-corrected chi connectivity index (χ1v) is 10.3. The summed E-state index contributed by atoms with van der Waals surface area (Å²) in [6.45, 7) is 1.73. The Balaban J connectivity index is 1.67. The quantitative estimate of drug-likeness (QED) is 0.561. The van der Waals surface area contributed by atoms with E-state index in [1.54, 1.807) is 37.5 Å². The number of para-hydroxylation sites is 2. The average Bonchev–Trinajstić information content (AvgIpc) is 3.24. The largest absolute Gasteiger partial charge is 0.495 e. The van der Waals surface area contributed by atoms with Crippen molar-refractivity contribution in [2.75, 3.05) is 12.4 Å². The number of anilines is 1. The second kappa shape index (κ2) is 8.42. The van der Waals surface area contributed by atoms with Gasteiger partial charge < -0.3 is 20.7 Å². The molecule has 152 valence electrons. The Bertz CT molecular complexity index is 1120. The van der Waals surface area contributed by atoms with Crippen LogP contribution >= 0.6 is 11.3 Å². The van der Waals surface area contributed by atoms with Gasteiger partial charge in [-0.3, -0.25) is 4.79 Å². The minimum atomic E-state index is -0.545. The normalized spacial score (nSPS) is 15.9. The minimum Gasteiger partial charge on any atom is -0.495 e. The lowest BCUT2D eigenvalue weighted by Gasteiger charge is -2.27. The van der Waals surface area contributed by atoms with Crippen LogP contribution in [0.3, 0.4) is 0 Å². The van der Waals surface area contributed by atoms with Crippen LogP contribution in [0, 0.1) is 0 Å². The highest BCUT2D eigenvalue weighted by molar-refractivity contribution is 7.15. The van der Waals surface area contributed by atoms with Gasteiger partial charge in [-0.2, -0.15) is 0 Å². The molecule has 7 heteroatoms. The number of nitrogens with one attached hydrogen (secondary N) is 3. The molecule has 1 atom stereocenters. The van der Waals surface area contributed by atoms with Crippen molar-refractivity contribution in [3.63, 3.8) is 0 Å². The van der Waals surface area contributed by atoms with Crippen LogP contribution < -0.4 is 20.7 Å². The molecule has 3 amide bonds. The Hall–Kier alpha value is -3.58. The first-order valence-electron chi connectivity index (χ1n) is 9.44. The van der Waals surface area contributed by atoms with Crippen molar-refractivity contribution >= 4 is 29.0 Å². The molecule has 1 aliphatic heterocycles. The molecule has 2 heterocycles. The molecule has 0 unspecified atom stereocenters. The van der Waals surface area contributed by atoms with E-state index in [2.05, 4.69) is 16.0 Å². The van der Waals surface area contributed by atoms with E-state index >= 15 is 0 Å². The Labute approximate surface area is 178 Å². The number of benzene rings is 2. The van der Waals surface area contributed by atoms with Gasteiger partial charge in [0.2, 0.25) is 0 Å². The molecule has 1 aromatic heterocycles. The van der Waals surface area contributed by atoms with E-state index in [1.807, 2.05) is 54.6 Å². The number of allylic oxidation sites excluding steroid dienone is 1. The summed E-state index contributed by atoms with van der Waals surface area (Å²) < 4.78 is 5.33. The highest BCUT2D eigenvalue weighted by Crippen LogP contribution is 2.36. The number of amides is 3. The molecule has 0 saturated heterocycles. The van der Waals surface area contributed by atoms with Crippen molar-refractivity contribution in [2.45, 2.75) is 13.0 Å². The van der Waals surface area contributed by atoms with E-state index in [0.29, 0.717) is 22.7 Å². The fourth-order valence-corrected chi connectivity index (χ4v) is 4.49. The smallest absolute Gasteiger partial charge is 0.319 e. The third-order valence-electron chi connectivity index (χ3n) is 4.84. The van der Waals surface area contributed by atoms with Gasteiger partial charge in [0, 0.05) is 15.5 Å². The van der Waals surface area contributed by atoms with Gasteiger partial charge in [-0.05, 0) is 36.8 Å². The first-order chi connectivity index (χ1) is 14.6. The van der Waals surface area contributed by atoms with Crippen LogP contribution in [0.5, 0.6) is 5.75 Å². The molecule has 0 fully saturated rings. The van der Waals surface area contributed by atoms with E-state index in [1.165, 1.54) is 0 Å². The maximum atomic E-state index is 13.2. The summed E-state index contributed by atoms with van der Waals surface area (Å²) in [6, 6.07) is 20.3. The van der Waals surface area contributed by atoms with Crippen LogP contribution in [0.25, 0.3) is 10.4 Å². The topological polar surface area (TPSA) is 79.5 Å². The van der Waals surface area contributed by atoms with Crippen LogP contribution in [-0.2, 0) is 4.79 Å². The number of thiophene rings is 1. The third kappa shape index (κ3) is 3.92. The van der Waals surface area contributed by atoms with Crippen molar-refractivity contribution < 1.29 is 14.3 Å². The van der Waals surface area contributed by atoms with Crippen LogP contribution in [0.1, 0.15) is 17.8 Å². The molecule has 2 aromatic carbocycles. The van der Waals surface area contributed by atoms with Gasteiger partial charge in [-0.15, -0.1) is 11.3 Å². The van der Waals surface area contributed by atoms with E-state index in [4.69, 9.17) is 4.74 Å². The second-order valence-corrected chi connectivity index (χ2v) is 7.91. The van der Waals surface area contributed by atoms with Crippen LogP contribution in [0.4, 0.5) is 10.5 Å². The van der Waals surface area contributed by atoms with E-state index in [9.17, 15) is 9.59 Å². The lowest BCUT2D eigenvalue weighted by atomic mass is 10.0. The molecule has 6 nitrogen and oxygen atoms in total. The van der Waals surface area contributed by atoms with E-state index in [-0.39, 0.29) is 11.9 Å². The molecule has 30 heavy (non-hydrogen) atoms. The number of hydrogen-bond donors (Lipinski definition) is 3. The summed E-state index contributed by atoms with van der Waals surface area (Å²) in [5.74, 6) is 0.264. The van der Waals surface area contributed by atoms with Crippen molar-refractivity contribution in [2.24, 2.45) is 0 Å². The van der Waals surface area contributed by atoms with Crippen LogP contribution in [-0.4, -0.2) is 19.0 Å². The number of hydrogen-bond acceptors (Lipinski definition) is 4. The van der Waals surface area contributed by atoms with Gasteiger partial charge in [0.1, 0.15) is 5.75 Å². The zero-order valence-corrected chi connectivity index (χ0v) is 17.4. The van der Waals surface area contributed by atoms with Crippen molar-refractivity contribution in [1.82, 2.24) is 10.6 Å². The fourth-order valence-electron chi connectivity index (χ4n) is 3.41. The molecule has 0 bridgehead atoms. The summed E-state index contributed by atoms with van der Waals surface area (Å²) in [6.07, 6.45) is 0. The van der Waals surface area contributed by atoms with Crippen molar-refractivity contribution in [3.05, 3.63) is 82.9 Å². The molecule has 0 aliphatic carbocycles. The Morgan fingerprint density at radius 3 is 2.53 bits per heavy atom. The molecule has 4 rings (SSSR count). The molecule has 3 aromatic rings.